The third-order valence-corrected chi connectivity index (χ3v) is 6.03. The summed E-state index contributed by atoms with van der Waals surface area (Å²) in [5.74, 6) is 0.108. The van der Waals surface area contributed by atoms with Gasteiger partial charge in [-0.3, -0.25) is 9.59 Å². The molecule has 0 spiro atoms. The van der Waals surface area contributed by atoms with Crippen molar-refractivity contribution in [2.24, 2.45) is 10.8 Å². The molecule has 1 heterocycles. The maximum Gasteiger partial charge on any atom is 0.255 e. The molecule has 1 aliphatic heterocycles. The van der Waals surface area contributed by atoms with E-state index in [1.54, 1.807) is 4.90 Å². The molecule has 0 unspecified atom stereocenters. The smallest absolute Gasteiger partial charge is 0.255 e. The van der Waals surface area contributed by atoms with E-state index >= 15 is 0 Å². The van der Waals surface area contributed by atoms with E-state index in [1.807, 2.05) is 60.5 Å². The molecule has 0 saturated carbocycles. The van der Waals surface area contributed by atoms with E-state index in [-0.39, 0.29) is 23.4 Å². The van der Waals surface area contributed by atoms with Gasteiger partial charge in [-0.2, -0.15) is 0 Å². The van der Waals surface area contributed by atoms with E-state index in [1.165, 1.54) is 0 Å². The second-order valence-corrected chi connectivity index (χ2v) is 9.25. The van der Waals surface area contributed by atoms with Crippen LogP contribution in [-0.4, -0.2) is 41.4 Å². The van der Waals surface area contributed by atoms with Gasteiger partial charge in [0.15, 0.2) is 0 Å². The van der Waals surface area contributed by atoms with Crippen molar-refractivity contribution in [3.63, 3.8) is 0 Å². The SMILES string of the molecule is CC[C@@]1(Cc2ccccc2)CN(C(=O)c2ccccc2)[C@@H](C(C)(C)C)N(C)C1=O. The van der Waals surface area contributed by atoms with Crippen molar-refractivity contribution in [3.05, 3.63) is 71.8 Å². The number of amides is 2. The lowest BCUT2D eigenvalue weighted by Crippen LogP contribution is -2.68. The van der Waals surface area contributed by atoms with Gasteiger partial charge in [-0.1, -0.05) is 76.2 Å². The van der Waals surface area contributed by atoms with Gasteiger partial charge in [0, 0.05) is 24.6 Å². The van der Waals surface area contributed by atoms with Crippen LogP contribution >= 0.6 is 0 Å². The van der Waals surface area contributed by atoms with Crippen molar-refractivity contribution in [1.82, 2.24) is 9.80 Å². The number of carbonyl (C=O) groups is 2. The van der Waals surface area contributed by atoms with Gasteiger partial charge in [0.05, 0.1) is 5.41 Å². The molecule has 1 fully saturated rings. The monoisotopic (exact) mass is 392 g/mol. The highest BCUT2D eigenvalue weighted by Crippen LogP contribution is 2.41. The molecule has 1 saturated heterocycles. The molecule has 2 aromatic carbocycles. The molecule has 1 aliphatic rings. The van der Waals surface area contributed by atoms with E-state index in [4.69, 9.17) is 0 Å². The Morgan fingerprint density at radius 2 is 1.59 bits per heavy atom. The fourth-order valence-corrected chi connectivity index (χ4v) is 4.66. The molecule has 4 heteroatoms. The largest absolute Gasteiger partial charge is 0.324 e. The Bertz CT molecular complexity index is 857. The summed E-state index contributed by atoms with van der Waals surface area (Å²) in [6.45, 7) is 8.74. The first kappa shape index (κ1) is 21.1. The Hall–Kier alpha value is -2.62. The maximum absolute atomic E-state index is 13.6. The first-order valence-corrected chi connectivity index (χ1v) is 10.4. The van der Waals surface area contributed by atoms with Crippen LogP contribution < -0.4 is 0 Å². The fourth-order valence-electron chi connectivity index (χ4n) is 4.66. The van der Waals surface area contributed by atoms with Crippen molar-refractivity contribution < 1.29 is 9.59 Å². The van der Waals surface area contributed by atoms with Crippen molar-refractivity contribution in [2.75, 3.05) is 13.6 Å². The van der Waals surface area contributed by atoms with Gasteiger partial charge < -0.3 is 9.80 Å². The van der Waals surface area contributed by atoms with Gasteiger partial charge >= 0.3 is 0 Å². The molecule has 2 atom stereocenters. The van der Waals surface area contributed by atoms with E-state index in [0.717, 1.165) is 5.56 Å². The number of benzene rings is 2. The number of hydrogen-bond donors (Lipinski definition) is 0. The minimum atomic E-state index is -0.623. The lowest BCUT2D eigenvalue weighted by atomic mass is 9.73. The van der Waals surface area contributed by atoms with Crippen molar-refractivity contribution in [3.8, 4) is 0 Å². The molecule has 0 radical (unpaired) electrons. The highest BCUT2D eigenvalue weighted by molar-refractivity contribution is 5.96. The predicted octanol–water partition coefficient (Wildman–Crippen LogP) is 4.61. The number of hydrogen-bond acceptors (Lipinski definition) is 2. The summed E-state index contributed by atoms with van der Waals surface area (Å²) in [6, 6.07) is 19.5. The minimum absolute atomic E-state index is 0.0178. The van der Waals surface area contributed by atoms with Gasteiger partial charge in [0.2, 0.25) is 5.91 Å². The lowest BCUT2D eigenvalue weighted by molar-refractivity contribution is -0.163. The average molecular weight is 393 g/mol. The number of rotatable bonds is 4. The van der Waals surface area contributed by atoms with Gasteiger partial charge in [0.25, 0.3) is 5.91 Å². The Kier molecular flexibility index (Phi) is 5.83. The summed E-state index contributed by atoms with van der Waals surface area (Å²) < 4.78 is 0. The molecule has 29 heavy (non-hydrogen) atoms. The Labute approximate surface area is 174 Å². The van der Waals surface area contributed by atoms with Gasteiger partial charge in [-0.25, -0.2) is 0 Å². The molecule has 2 aromatic rings. The lowest BCUT2D eigenvalue weighted by Gasteiger charge is -2.54. The molecular formula is C25H32N2O2. The van der Waals surface area contributed by atoms with Gasteiger partial charge in [0.1, 0.15) is 6.17 Å². The standard InChI is InChI=1S/C25H32N2O2/c1-6-25(17-19-13-9-7-10-14-19)18-27(21(28)20-15-11-8-12-16-20)22(24(2,3)4)26(5)23(25)29/h7-16,22H,6,17-18H2,1-5H3/t22-,25+/m0/s1. The highest BCUT2D eigenvalue weighted by Gasteiger charge is 2.52. The third-order valence-electron chi connectivity index (χ3n) is 6.03. The molecule has 0 aliphatic carbocycles. The summed E-state index contributed by atoms with van der Waals surface area (Å²) in [5, 5.41) is 0. The van der Waals surface area contributed by atoms with Crippen LogP contribution in [0.15, 0.2) is 60.7 Å². The average Bonchev–Trinajstić information content (AvgIpc) is 2.71. The second-order valence-electron chi connectivity index (χ2n) is 9.25. The van der Waals surface area contributed by atoms with Crippen molar-refractivity contribution >= 4 is 11.8 Å². The molecule has 0 N–H and O–H groups in total. The summed E-state index contributed by atoms with van der Waals surface area (Å²) in [4.78, 5) is 30.9. The number of nitrogens with zero attached hydrogens (tertiary/aromatic N) is 2. The summed E-state index contributed by atoms with van der Waals surface area (Å²) in [6.07, 6.45) is 1.02. The normalized spacial score (nSPS) is 22.7. The van der Waals surface area contributed by atoms with E-state index in [9.17, 15) is 9.59 Å². The van der Waals surface area contributed by atoms with E-state index in [0.29, 0.717) is 24.9 Å². The quantitative estimate of drug-likeness (QED) is 0.762. The molecule has 2 amide bonds. The van der Waals surface area contributed by atoms with Crippen LogP contribution in [0.3, 0.4) is 0 Å². The van der Waals surface area contributed by atoms with Gasteiger partial charge in [-0.15, -0.1) is 0 Å². The molecule has 154 valence electrons. The van der Waals surface area contributed by atoms with Crippen LogP contribution in [0, 0.1) is 10.8 Å². The number of carbonyl (C=O) groups excluding carboxylic acids is 2. The van der Waals surface area contributed by atoms with Crippen molar-refractivity contribution in [1.29, 1.82) is 0 Å². The van der Waals surface area contributed by atoms with Crippen LogP contribution in [0.2, 0.25) is 0 Å². The Morgan fingerprint density at radius 3 is 2.10 bits per heavy atom. The second kappa shape index (κ2) is 8.02. The topological polar surface area (TPSA) is 40.6 Å². The van der Waals surface area contributed by atoms with Gasteiger partial charge in [-0.05, 0) is 30.5 Å². The van der Waals surface area contributed by atoms with Crippen LogP contribution in [0.1, 0.15) is 50.0 Å². The first-order chi connectivity index (χ1) is 13.7. The minimum Gasteiger partial charge on any atom is -0.324 e. The summed E-state index contributed by atoms with van der Waals surface area (Å²) in [7, 11) is 1.85. The fraction of sp³-hybridized carbons (Fsp3) is 0.440. The van der Waals surface area contributed by atoms with E-state index in [2.05, 4.69) is 39.8 Å². The molecular weight excluding hydrogens is 360 g/mol. The molecule has 4 nitrogen and oxygen atoms in total. The molecule has 0 bridgehead atoms. The zero-order valence-electron chi connectivity index (χ0n) is 18.2. The Balaban J connectivity index is 2.05. The van der Waals surface area contributed by atoms with Crippen LogP contribution in [0.5, 0.6) is 0 Å². The summed E-state index contributed by atoms with van der Waals surface area (Å²) >= 11 is 0. The maximum atomic E-state index is 13.6. The zero-order valence-corrected chi connectivity index (χ0v) is 18.2. The highest BCUT2D eigenvalue weighted by atomic mass is 16.2. The van der Waals surface area contributed by atoms with Crippen LogP contribution in [0.4, 0.5) is 0 Å². The van der Waals surface area contributed by atoms with Crippen molar-refractivity contribution in [2.45, 2.75) is 46.7 Å². The summed E-state index contributed by atoms with van der Waals surface area (Å²) in [5.41, 5.74) is 0.899. The van der Waals surface area contributed by atoms with Crippen LogP contribution in [-0.2, 0) is 11.2 Å². The predicted molar refractivity (Wildman–Crippen MR) is 116 cm³/mol. The third kappa shape index (κ3) is 4.07. The Morgan fingerprint density at radius 1 is 1.03 bits per heavy atom. The van der Waals surface area contributed by atoms with E-state index < -0.39 is 5.41 Å². The molecule has 3 rings (SSSR count). The van der Waals surface area contributed by atoms with Crippen LogP contribution in [0.25, 0.3) is 0 Å². The first-order valence-electron chi connectivity index (χ1n) is 10.4. The zero-order chi connectivity index (χ0) is 21.2. The molecule has 0 aromatic heterocycles.